The fourth-order valence-corrected chi connectivity index (χ4v) is 3.31. The Kier molecular flexibility index (Phi) is 8.14. The average molecular weight is 376 g/mol. The molecule has 1 heterocycles. The number of benzene rings is 1. The summed E-state index contributed by atoms with van der Waals surface area (Å²) < 4.78 is 10.7. The summed E-state index contributed by atoms with van der Waals surface area (Å²) in [5.74, 6) is 0.514. The molecule has 1 amide bonds. The van der Waals surface area contributed by atoms with E-state index >= 15 is 0 Å². The minimum absolute atomic E-state index is 0.113. The van der Waals surface area contributed by atoms with Crippen LogP contribution in [-0.2, 0) is 20.9 Å². The molecule has 1 aromatic rings. The van der Waals surface area contributed by atoms with Gasteiger partial charge in [-0.3, -0.25) is 4.79 Å². The van der Waals surface area contributed by atoms with Gasteiger partial charge in [0, 0.05) is 19.5 Å². The molecule has 150 valence electrons. The van der Waals surface area contributed by atoms with Gasteiger partial charge in [0.1, 0.15) is 12.2 Å². The molecule has 27 heavy (non-hydrogen) atoms. The van der Waals surface area contributed by atoms with E-state index < -0.39 is 5.60 Å². The zero-order valence-corrected chi connectivity index (χ0v) is 16.9. The number of piperidine rings is 1. The highest BCUT2D eigenvalue weighted by atomic mass is 16.6. The second-order valence-electron chi connectivity index (χ2n) is 8.30. The maximum absolute atomic E-state index is 12.2. The third-order valence-electron chi connectivity index (χ3n) is 4.74. The van der Waals surface area contributed by atoms with Gasteiger partial charge in [-0.2, -0.15) is 0 Å². The molecule has 5 nitrogen and oxygen atoms in total. The molecule has 0 N–H and O–H groups in total. The van der Waals surface area contributed by atoms with Gasteiger partial charge in [-0.05, 0) is 51.5 Å². The highest BCUT2D eigenvalue weighted by Crippen LogP contribution is 2.24. The van der Waals surface area contributed by atoms with Crippen LogP contribution in [0.4, 0.5) is 4.79 Å². The Morgan fingerprint density at radius 1 is 1.07 bits per heavy atom. The van der Waals surface area contributed by atoms with Gasteiger partial charge in [0.25, 0.3) is 0 Å². The molecule has 1 aliphatic heterocycles. The number of amides is 1. The third kappa shape index (κ3) is 8.46. The maximum Gasteiger partial charge on any atom is 0.410 e. The molecule has 2 rings (SSSR count). The molecule has 1 saturated heterocycles. The van der Waals surface area contributed by atoms with E-state index in [9.17, 15) is 9.59 Å². The van der Waals surface area contributed by atoms with Crippen LogP contribution in [0.3, 0.4) is 0 Å². The number of nitrogens with zero attached hydrogens (tertiary/aromatic N) is 1. The second kappa shape index (κ2) is 10.3. The van der Waals surface area contributed by atoms with Crippen molar-refractivity contribution in [3.63, 3.8) is 0 Å². The van der Waals surface area contributed by atoms with Crippen molar-refractivity contribution in [3.05, 3.63) is 35.9 Å². The fraction of sp³-hybridized carbons (Fsp3) is 0.636. The SMILES string of the molecule is CC(C)(C)OC(=O)CCCCC1CCN(C(=O)OCc2ccccc2)CC1. The van der Waals surface area contributed by atoms with E-state index in [1.54, 1.807) is 4.90 Å². The first kappa shape index (κ1) is 21.3. The average Bonchev–Trinajstić information content (AvgIpc) is 2.63. The summed E-state index contributed by atoms with van der Waals surface area (Å²) in [7, 11) is 0. The lowest BCUT2D eigenvalue weighted by Crippen LogP contribution is -2.38. The smallest absolute Gasteiger partial charge is 0.410 e. The molecule has 1 aromatic carbocycles. The summed E-state index contributed by atoms with van der Waals surface area (Å²) in [6.45, 7) is 7.51. The monoisotopic (exact) mass is 375 g/mol. The molecule has 0 saturated carbocycles. The molecule has 0 spiro atoms. The van der Waals surface area contributed by atoms with Crippen molar-refractivity contribution in [3.8, 4) is 0 Å². The summed E-state index contributed by atoms with van der Waals surface area (Å²) in [4.78, 5) is 25.7. The highest BCUT2D eigenvalue weighted by molar-refractivity contribution is 5.69. The number of esters is 1. The number of rotatable bonds is 7. The largest absolute Gasteiger partial charge is 0.460 e. The van der Waals surface area contributed by atoms with Crippen LogP contribution in [0.2, 0.25) is 0 Å². The minimum atomic E-state index is -0.404. The summed E-state index contributed by atoms with van der Waals surface area (Å²) in [5.41, 5.74) is 0.602. The maximum atomic E-state index is 12.2. The van der Waals surface area contributed by atoms with Gasteiger partial charge in [-0.25, -0.2) is 4.79 Å². The van der Waals surface area contributed by atoms with E-state index in [4.69, 9.17) is 9.47 Å². The Morgan fingerprint density at radius 2 is 1.74 bits per heavy atom. The summed E-state index contributed by atoms with van der Waals surface area (Å²) in [6, 6.07) is 9.74. The van der Waals surface area contributed by atoms with Crippen molar-refractivity contribution in [1.82, 2.24) is 4.90 Å². The topological polar surface area (TPSA) is 55.8 Å². The van der Waals surface area contributed by atoms with E-state index in [0.29, 0.717) is 18.9 Å². The van der Waals surface area contributed by atoms with Crippen molar-refractivity contribution in [2.24, 2.45) is 5.92 Å². The Bertz CT molecular complexity index is 586. The van der Waals surface area contributed by atoms with Gasteiger partial charge in [-0.15, -0.1) is 0 Å². The predicted molar refractivity (Wildman–Crippen MR) is 105 cm³/mol. The molecule has 0 bridgehead atoms. The van der Waals surface area contributed by atoms with Gasteiger partial charge in [0.2, 0.25) is 0 Å². The first-order valence-electron chi connectivity index (χ1n) is 10.0. The number of hydrogen-bond acceptors (Lipinski definition) is 4. The number of hydrogen-bond donors (Lipinski definition) is 0. The molecule has 5 heteroatoms. The Labute approximate surface area is 163 Å². The van der Waals surface area contributed by atoms with E-state index in [1.807, 2.05) is 51.1 Å². The zero-order chi connectivity index (χ0) is 19.7. The number of ether oxygens (including phenoxy) is 2. The van der Waals surface area contributed by atoms with Crippen LogP contribution in [0.25, 0.3) is 0 Å². The van der Waals surface area contributed by atoms with E-state index in [2.05, 4.69) is 0 Å². The van der Waals surface area contributed by atoms with Crippen molar-refractivity contribution in [1.29, 1.82) is 0 Å². The Balaban J connectivity index is 1.57. The van der Waals surface area contributed by atoms with Crippen molar-refractivity contribution in [2.75, 3.05) is 13.1 Å². The van der Waals surface area contributed by atoms with E-state index in [1.165, 1.54) is 0 Å². The lowest BCUT2D eigenvalue weighted by Gasteiger charge is -2.31. The second-order valence-corrected chi connectivity index (χ2v) is 8.30. The molecular formula is C22H33NO4. The van der Waals surface area contributed by atoms with Gasteiger partial charge in [0.05, 0.1) is 0 Å². The van der Waals surface area contributed by atoms with Crippen LogP contribution < -0.4 is 0 Å². The van der Waals surface area contributed by atoms with E-state index in [-0.39, 0.29) is 12.1 Å². The molecule has 0 unspecified atom stereocenters. The van der Waals surface area contributed by atoms with Crippen LogP contribution in [0.5, 0.6) is 0 Å². The quantitative estimate of drug-likeness (QED) is 0.500. The first-order valence-corrected chi connectivity index (χ1v) is 10.0. The number of carbonyl (C=O) groups is 2. The van der Waals surface area contributed by atoms with Crippen LogP contribution in [0.1, 0.15) is 64.9 Å². The normalized spacial score (nSPS) is 15.4. The Hall–Kier alpha value is -2.04. The standard InChI is InChI=1S/C22H33NO4/c1-22(2,3)27-20(24)12-8-7-9-18-13-15-23(16-14-18)21(25)26-17-19-10-5-4-6-11-19/h4-6,10-11,18H,7-9,12-17H2,1-3H3. The highest BCUT2D eigenvalue weighted by Gasteiger charge is 2.23. The molecule has 1 fully saturated rings. The molecule has 0 radical (unpaired) electrons. The van der Waals surface area contributed by atoms with Crippen molar-refractivity contribution in [2.45, 2.75) is 71.5 Å². The summed E-state index contributed by atoms with van der Waals surface area (Å²) >= 11 is 0. The third-order valence-corrected chi connectivity index (χ3v) is 4.74. The van der Waals surface area contributed by atoms with Gasteiger partial charge < -0.3 is 14.4 Å². The molecule has 0 aliphatic carbocycles. The van der Waals surface area contributed by atoms with Crippen molar-refractivity contribution < 1.29 is 19.1 Å². The van der Waals surface area contributed by atoms with Gasteiger partial charge >= 0.3 is 12.1 Å². The first-order chi connectivity index (χ1) is 12.8. The Morgan fingerprint density at radius 3 is 2.37 bits per heavy atom. The summed E-state index contributed by atoms with van der Waals surface area (Å²) in [5, 5.41) is 0. The fourth-order valence-electron chi connectivity index (χ4n) is 3.31. The van der Waals surface area contributed by atoms with Gasteiger partial charge in [0.15, 0.2) is 0 Å². The van der Waals surface area contributed by atoms with Crippen LogP contribution in [0.15, 0.2) is 30.3 Å². The molecular weight excluding hydrogens is 342 g/mol. The van der Waals surface area contributed by atoms with Crippen LogP contribution >= 0.6 is 0 Å². The van der Waals surface area contributed by atoms with E-state index in [0.717, 1.165) is 50.8 Å². The molecule has 0 aromatic heterocycles. The minimum Gasteiger partial charge on any atom is -0.460 e. The number of carbonyl (C=O) groups excluding carboxylic acids is 2. The lowest BCUT2D eigenvalue weighted by molar-refractivity contribution is -0.154. The lowest BCUT2D eigenvalue weighted by atomic mass is 9.91. The zero-order valence-electron chi connectivity index (χ0n) is 16.9. The number of likely N-dealkylation sites (tertiary alicyclic amines) is 1. The van der Waals surface area contributed by atoms with Crippen LogP contribution in [-0.4, -0.2) is 35.7 Å². The molecule has 0 atom stereocenters. The van der Waals surface area contributed by atoms with Crippen LogP contribution in [0, 0.1) is 5.92 Å². The summed E-state index contributed by atoms with van der Waals surface area (Å²) in [6.07, 6.45) is 5.29. The van der Waals surface area contributed by atoms with Gasteiger partial charge in [-0.1, -0.05) is 43.2 Å². The predicted octanol–water partition coefficient (Wildman–Crippen LogP) is 4.94. The molecule has 1 aliphatic rings. The number of unbranched alkanes of at least 4 members (excludes halogenated alkanes) is 1. The van der Waals surface area contributed by atoms with Crippen molar-refractivity contribution >= 4 is 12.1 Å².